The SMILES string of the molecule is CCCCCC1CCC(c2ccc(CCCCc3ccc(OCC)c(F)c3C(F)(F)F)cc2)CC1. The fourth-order valence-electron chi connectivity index (χ4n) is 5.45. The maximum atomic E-state index is 14.4. The van der Waals surface area contributed by atoms with Crippen molar-refractivity contribution >= 4 is 0 Å². The van der Waals surface area contributed by atoms with E-state index in [0.717, 1.165) is 18.8 Å². The van der Waals surface area contributed by atoms with Crippen molar-refractivity contribution in [3.63, 3.8) is 0 Å². The average Bonchev–Trinajstić information content (AvgIpc) is 2.84. The van der Waals surface area contributed by atoms with Gasteiger partial charge in [-0.1, -0.05) is 62.9 Å². The van der Waals surface area contributed by atoms with Crippen LogP contribution in [0.2, 0.25) is 0 Å². The minimum atomic E-state index is -4.74. The molecule has 0 bridgehead atoms. The van der Waals surface area contributed by atoms with Crippen molar-refractivity contribution in [3.8, 4) is 5.75 Å². The van der Waals surface area contributed by atoms with Crippen molar-refractivity contribution in [2.24, 2.45) is 5.92 Å². The van der Waals surface area contributed by atoms with Crippen LogP contribution in [0.1, 0.15) is 106 Å². The lowest BCUT2D eigenvalue weighted by Crippen LogP contribution is -2.14. The molecule has 0 radical (unpaired) electrons. The van der Waals surface area contributed by atoms with Crippen molar-refractivity contribution in [1.82, 2.24) is 0 Å². The van der Waals surface area contributed by atoms with Gasteiger partial charge in [-0.3, -0.25) is 0 Å². The molecule has 1 nitrogen and oxygen atoms in total. The van der Waals surface area contributed by atoms with Gasteiger partial charge in [-0.25, -0.2) is 4.39 Å². The van der Waals surface area contributed by atoms with Crippen LogP contribution >= 0.6 is 0 Å². The van der Waals surface area contributed by atoms with Crippen LogP contribution in [-0.2, 0) is 19.0 Å². The first-order valence-corrected chi connectivity index (χ1v) is 13.4. The van der Waals surface area contributed by atoms with Gasteiger partial charge >= 0.3 is 6.18 Å². The van der Waals surface area contributed by atoms with Gasteiger partial charge in [0.15, 0.2) is 11.6 Å². The summed E-state index contributed by atoms with van der Waals surface area (Å²) < 4.78 is 59.9. The third kappa shape index (κ3) is 7.98. The summed E-state index contributed by atoms with van der Waals surface area (Å²) in [5, 5.41) is 0. The lowest BCUT2D eigenvalue weighted by atomic mass is 9.77. The van der Waals surface area contributed by atoms with Crippen LogP contribution in [0.15, 0.2) is 36.4 Å². The van der Waals surface area contributed by atoms with Gasteiger partial charge in [0, 0.05) is 0 Å². The summed E-state index contributed by atoms with van der Waals surface area (Å²) in [7, 11) is 0. The second-order valence-electron chi connectivity index (χ2n) is 10.0. The first-order valence-electron chi connectivity index (χ1n) is 13.4. The zero-order chi connectivity index (χ0) is 25.3. The normalized spacial score (nSPS) is 18.6. The van der Waals surface area contributed by atoms with E-state index in [1.807, 2.05) is 0 Å². The molecule has 0 heterocycles. The van der Waals surface area contributed by atoms with Crippen molar-refractivity contribution in [2.45, 2.75) is 103 Å². The monoisotopic (exact) mass is 492 g/mol. The van der Waals surface area contributed by atoms with Gasteiger partial charge in [0.1, 0.15) is 0 Å². The van der Waals surface area contributed by atoms with Crippen molar-refractivity contribution in [3.05, 3.63) is 64.5 Å². The number of benzene rings is 2. The first-order chi connectivity index (χ1) is 16.8. The van der Waals surface area contributed by atoms with E-state index in [4.69, 9.17) is 4.74 Å². The van der Waals surface area contributed by atoms with Crippen molar-refractivity contribution < 1.29 is 22.3 Å². The molecule has 0 aliphatic heterocycles. The number of alkyl halides is 3. The lowest BCUT2D eigenvalue weighted by Gasteiger charge is -2.29. The van der Waals surface area contributed by atoms with Crippen LogP contribution in [0.25, 0.3) is 0 Å². The molecule has 0 amide bonds. The number of aryl methyl sites for hydroxylation is 2. The molecule has 0 N–H and O–H groups in total. The van der Waals surface area contributed by atoms with E-state index in [9.17, 15) is 17.6 Å². The standard InChI is InChI=1S/C30H40F4O/c1-3-5-6-9-22-12-16-24(17-13-22)25-18-14-23(15-19-25)10-7-8-11-26-20-21-27(35-4-2)29(31)28(26)30(32,33)34/h14-15,18-22,24H,3-13,16-17H2,1-2H3. The molecule has 194 valence electrons. The topological polar surface area (TPSA) is 9.23 Å². The highest BCUT2D eigenvalue weighted by Crippen LogP contribution is 2.39. The molecular weight excluding hydrogens is 452 g/mol. The maximum Gasteiger partial charge on any atom is 0.419 e. The molecule has 0 saturated heterocycles. The van der Waals surface area contributed by atoms with Crippen LogP contribution in [0.4, 0.5) is 17.6 Å². The quantitative estimate of drug-likeness (QED) is 0.212. The van der Waals surface area contributed by atoms with Crippen molar-refractivity contribution in [1.29, 1.82) is 0 Å². The van der Waals surface area contributed by atoms with E-state index in [1.165, 1.54) is 74.6 Å². The Bertz CT molecular complexity index is 896. The number of halogens is 4. The van der Waals surface area contributed by atoms with Gasteiger partial charge in [0.05, 0.1) is 12.2 Å². The molecule has 2 aromatic rings. The van der Waals surface area contributed by atoms with E-state index >= 15 is 0 Å². The predicted octanol–water partition coefficient (Wildman–Crippen LogP) is 9.66. The third-order valence-electron chi connectivity index (χ3n) is 7.45. The summed E-state index contributed by atoms with van der Waals surface area (Å²) in [6.45, 7) is 3.99. The summed E-state index contributed by atoms with van der Waals surface area (Å²) in [5.41, 5.74) is 1.43. The maximum absolute atomic E-state index is 14.4. The van der Waals surface area contributed by atoms with Gasteiger partial charge in [-0.15, -0.1) is 0 Å². The van der Waals surface area contributed by atoms with E-state index in [0.29, 0.717) is 12.3 Å². The predicted molar refractivity (Wildman–Crippen MR) is 134 cm³/mol. The summed E-state index contributed by atoms with van der Waals surface area (Å²) in [4.78, 5) is 0. The molecule has 0 atom stereocenters. The molecule has 0 unspecified atom stereocenters. The fraction of sp³-hybridized carbons (Fsp3) is 0.600. The summed E-state index contributed by atoms with van der Waals surface area (Å²) in [5.74, 6) is -0.0864. The molecule has 1 saturated carbocycles. The minimum absolute atomic E-state index is 0.000835. The Morgan fingerprint density at radius 2 is 1.51 bits per heavy atom. The zero-order valence-corrected chi connectivity index (χ0v) is 21.2. The molecule has 1 aliphatic carbocycles. The molecule has 1 aliphatic rings. The second-order valence-corrected chi connectivity index (χ2v) is 10.0. The second kappa shape index (κ2) is 13.3. The molecule has 0 spiro atoms. The molecular formula is C30H40F4O. The van der Waals surface area contributed by atoms with E-state index in [1.54, 1.807) is 6.92 Å². The molecule has 5 heteroatoms. The third-order valence-corrected chi connectivity index (χ3v) is 7.45. The van der Waals surface area contributed by atoms with E-state index in [2.05, 4.69) is 31.2 Å². The smallest absolute Gasteiger partial charge is 0.419 e. The van der Waals surface area contributed by atoms with E-state index < -0.39 is 17.6 Å². The Morgan fingerprint density at radius 1 is 0.829 bits per heavy atom. The number of hydrogen-bond acceptors (Lipinski definition) is 1. The summed E-state index contributed by atoms with van der Waals surface area (Å²) >= 11 is 0. The molecule has 0 aromatic heterocycles. The molecule has 1 fully saturated rings. The van der Waals surface area contributed by atoms with Crippen LogP contribution in [0.5, 0.6) is 5.75 Å². The van der Waals surface area contributed by atoms with Crippen molar-refractivity contribution in [2.75, 3.05) is 6.61 Å². The number of unbranched alkanes of at least 4 members (excludes halogenated alkanes) is 3. The van der Waals surface area contributed by atoms with Gasteiger partial charge in [-0.05, 0) is 92.9 Å². The van der Waals surface area contributed by atoms with Gasteiger partial charge in [0.25, 0.3) is 0 Å². The zero-order valence-electron chi connectivity index (χ0n) is 21.2. The summed E-state index contributed by atoms with van der Waals surface area (Å²) in [6.07, 6.45) is 8.20. The van der Waals surface area contributed by atoms with E-state index in [-0.39, 0.29) is 24.3 Å². The Morgan fingerprint density at radius 3 is 2.14 bits per heavy atom. The van der Waals surface area contributed by atoms with Crippen LogP contribution in [-0.4, -0.2) is 6.61 Å². The first kappa shape index (κ1) is 27.5. The van der Waals surface area contributed by atoms with Crippen LogP contribution < -0.4 is 4.74 Å². The lowest BCUT2D eigenvalue weighted by molar-refractivity contribution is -0.140. The van der Waals surface area contributed by atoms with Gasteiger partial charge in [0.2, 0.25) is 0 Å². The Kier molecular flexibility index (Phi) is 10.5. The molecule has 3 rings (SSSR count). The Labute approximate surface area is 208 Å². The van der Waals surface area contributed by atoms with Gasteiger partial charge in [-0.2, -0.15) is 13.2 Å². The summed E-state index contributed by atoms with van der Waals surface area (Å²) in [6, 6.07) is 11.5. The Balaban J connectivity index is 1.47. The van der Waals surface area contributed by atoms with Crippen LogP contribution in [0, 0.1) is 11.7 Å². The van der Waals surface area contributed by atoms with Crippen LogP contribution in [0.3, 0.4) is 0 Å². The van der Waals surface area contributed by atoms with Gasteiger partial charge < -0.3 is 4.74 Å². The number of hydrogen-bond donors (Lipinski definition) is 0. The minimum Gasteiger partial charge on any atom is -0.491 e. The highest BCUT2D eigenvalue weighted by molar-refractivity contribution is 5.39. The fourth-order valence-corrected chi connectivity index (χ4v) is 5.45. The molecule has 2 aromatic carbocycles. The number of ether oxygens (including phenoxy) is 1. The molecule has 35 heavy (non-hydrogen) atoms. The Hall–Kier alpha value is -2.04. The number of rotatable bonds is 12. The highest BCUT2D eigenvalue weighted by Gasteiger charge is 2.38. The largest absolute Gasteiger partial charge is 0.491 e. The average molecular weight is 493 g/mol. The highest BCUT2D eigenvalue weighted by atomic mass is 19.4.